The van der Waals surface area contributed by atoms with Gasteiger partial charge in [-0.3, -0.25) is 43.2 Å². The number of hydrogen-bond acceptors (Lipinski definition) is 11. The predicted octanol–water partition coefficient (Wildman–Crippen LogP) is 5.04. The molecule has 4 aromatic heterocycles. The van der Waals surface area contributed by atoms with Gasteiger partial charge in [-0.25, -0.2) is 27.7 Å². The molecule has 3 amide bonds. The van der Waals surface area contributed by atoms with Crippen LogP contribution in [0.3, 0.4) is 0 Å². The van der Waals surface area contributed by atoms with E-state index in [0.29, 0.717) is 115 Å². The molecular weight excluding hydrogens is 918 g/mol. The number of benzene rings is 2. The molecule has 0 saturated carbocycles. The van der Waals surface area contributed by atoms with E-state index in [9.17, 15) is 28.4 Å². The summed E-state index contributed by atoms with van der Waals surface area (Å²) >= 11 is 0. The van der Waals surface area contributed by atoms with Crippen molar-refractivity contribution in [2.75, 3.05) is 76.2 Å². The van der Waals surface area contributed by atoms with Crippen molar-refractivity contribution in [1.29, 1.82) is 0 Å². The smallest absolute Gasteiger partial charge is 0.354 e. The number of likely N-dealkylation sites (tertiary alicyclic amines) is 1. The largest absolute Gasteiger partial charge is 0.370 e. The van der Waals surface area contributed by atoms with E-state index < -0.39 is 46.7 Å². The topological polar surface area (TPSA) is 168 Å². The molecule has 3 saturated heterocycles. The number of nitrogens with one attached hydrogen (secondary N) is 2. The van der Waals surface area contributed by atoms with Crippen molar-refractivity contribution in [1.82, 2.24) is 48.3 Å². The molecule has 0 bridgehead atoms. The first kappa shape index (κ1) is 47.6. The molecule has 2 atom stereocenters. The third kappa shape index (κ3) is 8.70. The maximum atomic E-state index is 16.1. The number of amides is 3. The van der Waals surface area contributed by atoms with Gasteiger partial charge in [0.15, 0.2) is 11.6 Å². The molecule has 0 aliphatic carbocycles. The minimum atomic E-state index is -0.892. The Hall–Kier alpha value is -7.06. The Morgan fingerprint density at radius 1 is 0.859 bits per heavy atom. The highest BCUT2D eigenvalue weighted by molar-refractivity contribution is 6.00. The molecule has 0 spiro atoms. The number of imidazole rings is 1. The summed E-state index contributed by atoms with van der Waals surface area (Å²) in [6.45, 7) is 9.75. The molecule has 4 aliphatic rings. The van der Waals surface area contributed by atoms with E-state index >= 15 is 8.78 Å². The van der Waals surface area contributed by atoms with Crippen LogP contribution in [0, 0.1) is 30.3 Å². The lowest BCUT2D eigenvalue weighted by Gasteiger charge is -2.39. The highest BCUT2D eigenvalue weighted by atomic mass is 19.1. The lowest BCUT2D eigenvalue weighted by atomic mass is 9.92. The van der Waals surface area contributed by atoms with Crippen LogP contribution in [-0.4, -0.2) is 127 Å². The monoisotopic (exact) mass is 974 g/mol. The summed E-state index contributed by atoms with van der Waals surface area (Å²) < 4.78 is 52.5. The highest BCUT2D eigenvalue weighted by Crippen LogP contribution is 2.35. The van der Waals surface area contributed by atoms with Gasteiger partial charge in [-0.2, -0.15) is 4.98 Å². The number of imide groups is 1. The second-order valence-corrected chi connectivity index (χ2v) is 19.3. The zero-order valence-corrected chi connectivity index (χ0v) is 40.5. The molecule has 6 aromatic rings. The number of anilines is 2. The summed E-state index contributed by atoms with van der Waals surface area (Å²) in [5, 5.41) is 5.56. The average molecular weight is 975 g/mol. The number of aryl methyl sites for hydroxylation is 3. The van der Waals surface area contributed by atoms with E-state index in [1.807, 2.05) is 34.4 Å². The van der Waals surface area contributed by atoms with Crippen LogP contribution in [0.4, 0.5) is 24.7 Å². The van der Waals surface area contributed by atoms with Crippen LogP contribution in [0.2, 0.25) is 0 Å². The van der Waals surface area contributed by atoms with Crippen LogP contribution in [-0.2, 0) is 23.7 Å². The number of aromatic nitrogens is 6. The minimum absolute atomic E-state index is 0.0766. The van der Waals surface area contributed by atoms with Gasteiger partial charge in [0.25, 0.3) is 5.91 Å². The van der Waals surface area contributed by atoms with Crippen LogP contribution in [0.25, 0.3) is 33.3 Å². The van der Waals surface area contributed by atoms with E-state index in [1.165, 1.54) is 32.9 Å². The highest BCUT2D eigenvalue weighted by Gasteiger charge is 2.34. The Balaban J connectivity index is 0.734. The van der Waals surface area contributed by atoms with Gasteiger partial charge in [-0.1, -0.05) is 6.08 Å². The van der Waals surface area contributed by atoms with Crippen LogP contribution in [0.1, 0.15) is 78.3 Å². The Kier molecular flexibility index (Phi) is 12.7. The second kappa shape index (κ2) is 18.9. The SMILES string of the molecule is CNc1nc(=O)n(-c2ccnc3c2cc([C@H](C)N2CC=C(c4c(C)cc(C(=O)N5CCC(CN6CCN(c7cc8c(cc7F)n(C7CCC(=O)NC7=O)c(=O)n8C)CC6)CC5)cc4F)CC2)n3C)cc1F. The first-order valence-electron chi connectivity index (χ1n) is 24.3. The number of hydrogen-bond donors (Lipinski definition) is 2. The van der Waals surface area contributed by atoms with E-state index in [4.69, 9.17) is 0 Å². The maximum absolute atomic E-state index is 16.1. The van der Waals surface area contributed by atoms with Crippen molar-refractivity contribution in [3.05, 3.63) is 116 Å². The molecule has 20 heteroatoms. The van der Waals surface area contributed by atoms with E-state index in [0.717, 1.165) is 36.9 Å². The molecule has 3 fully saturated rings. The second-order valence-electron chi connectivity index (χ2n) is 19.3. The van der Waals surface area contributed by atoms with Crippen molar-refractivity contribution >= 4 is 56.9 Å². The zero-order chi connectivity index (χ0) is 50.0. The van der Waals surface area contributed by atoms with Crippen molar-refractivity contribution in [2.24, 2.45) is 20.0 Å². The molecule has 2 N–H and O–H groups in total. The van der Waals surface area contributed by atoms with Crippen molar-refractivity contribution in [2.45, 2.75) is 58.0 Å². The number of fused-ring (bicyclic) bond motifs is 2. The molecule has 10 rings (SSSR count). The average Bonchev–Trinajstić information content (AvgIpc) is 3.82. The van der Waals surface area contributed by atoms with Gasteiger partial charge in [0.1, 0.15) is 23.3 Å². The van der Waals surface area contributed by atoms with Crippen molar-refractivity contribution in [3.63, 3.8) is 0 Å². The molecule has 2 aromatic carbocycles. The predicted molar refractivity (Wildman–Crippen MR) is 263 cm³/mol. The van der Waals surface area contributed by atoms with Crippen LogP contribution < -0.4 is 26.9 Å². The number of nitrogens with zero attached hydrogens (tertiary/aromatic N) is 10. The van der Waals surface area contributed by atoms with Crippen molar-refractivity contribution < 1.29 is 27.6 Å². The third-order valence-electron chi connectivity index (χ3n) is 15.2. The van der Waals surface area contributed by atoms with E-state index in [1.54, 1.807) is 31.4 Å². The summed E-state index contributed by atoms with van der Waals surface area (Å²) in [7, 11) is 5.01. The fourth-order valence-electron chi connectivity index (χ4n) is 11.2. The molecule has 0 radical (unpaired) electrons. The summed E-state index contributed by atoms with van der Waals surface area (Å²) in [4.78, 5) is 81.2. The standard InChI is InChI=1S/C51H57F3N12O5/c1-29-22-33(23-36(53)45(29)32-11-16-62(17-12-32)30(2)40-24-34-38(8-13-56-47(34)59(40)4)65-28-37(54)46(55-3)58-50(65)70)49(69)64-14-9-31(10-15-64)27-61-18-20-63(21-19-61)41-26-42-43(25-35(41)52)66(51(71)60(42)5)39-6-7-44(67)57-48(39)68/h8,11,13,22-26,28,30-31,39H,6-7,9-10,12,14-21,27H2,1-5H3,(H,55,58,70)(H,57,67,68)/t30-,39?/m0/s1. The van der Waals surface area contributed by atoms with Gasteiger partial charge in [0, 0.05) is 127 Å². The number of halogens is 3. The molecule has 71 heavy (non-hydrogen) atoms. The van der Waals surface area contributed by atoms with Gasteiger partial charge >= 0.3 is 11.4 Å². The number of piperidine rings is 2. The van der Waals surface area contributed by atoms with Gasteiger partial charge in [0.2, 0.25) is 11.8 Å². The first-order valence-corrected chi connectivity index (χ1v) is 24.3. The Labute approximate surface area is 407 Å². The normalized spacial score (nSPS) is 19.2. The summed E-state index contributed by atoms with van der Waals surface area (Å²) in [5.41, 5.74) is 4.67. The van der Waals surface area contributed by atoms with Gasteiger partial charge in [0.05, 0.1) is 28.6 Å². The van der Waals surface area contributed by atoms with Crippen LogP contribution in [0.15, 0.2) is 64.5 Å². The molecule has 372 valence electrons. The summed E-state index contributed by atoms with van der Waals surface area (Å²) in [6.07, 6.45) is 7.26. The Morgan fingerprint density at radius 3 is 2.31 bits per heavy atom. The number of pyridine rings is 1. The maximum Gasteiger partial charge on any atom is 0.354 e. The number of carbonyl (C=O) groups is 3. The number of piperazine rings is 1. The van der Waals surface area contributed by atoms with E-state index in [-0.39, 0.29) is 30.6 Å². The summed E-state index contributed by atoms with van der Waals surface area (Å²) in [5.74, 6) is -2.45. The fraction of sp³-hybridized carbons (Fsp3) is 0.431. The minimum Gasteiger partial charge on any atom is -0.370 e. The number of rotatable bonds is 10. The first-order chi connectivity index (χ1) is 34.1. The van der Waals surface area contributed by atoms with Gasteiger partial charge < -0.3 is 19.7 Å². The zero-order valence-electron chi connectivity index (χ0n) is 40.5. The third-order valence-corrected chi connectivity index (χ3v) is 15.2. The molecule has 8 heterocycles. The molecule has 1 unspecified atom stereocenters. The molecule has 4 aliphatic heterocycles. The van der Waals surface area contributed by atoms with Gasteiger partial charge in [-0.05, 0) is 86.9 Å². The van der Waals surface area contributed by atoms with E-state index in [2.05, 4.69) is 43.4 Å². The molecule has 17 nitrogen and oxygen atoms in total. The van der Waals surface area contributed by atoms with Crippen LogP contribution >= 0.6 is 0 Å². The van der Waals surface area contributed by atoms with Crippen LogP contribution in [0.5, 0.6) is 0 Å². The lowest BCUT2D eigenvalue weighted by molar-refractivity contribution is -0.135. The quantitative estimate of drug-likeness (QED) is 0.177. The van der Waals surface area contributed by atoms with Gasteiger partial charge in [-0.15, -0.1) is 0 Å². The number of carbonyl (C=O) groups excluding carboxylic acids is 3. The fourth-order valence-corrected chi connectivity index (χ4v) is 11.2. The molecular formula is C51H57F3N12O5. The van der Waals surface area contributed by atoms with Crippen molar-refractivity contribution in [3.8, 4) is 5.69 Å². The lowest BCUT2D eigenvalue weighted by Crippen LogP contribution is -2.49. The summed E-state index contributed by atoms with van der Waals surface area (Å²) in [6, 6.07) is 8.83. The Bertz CT molecular complexity index is 3260. The Morgan fingerprint density at radius 2 is 1.62 bits per heavy atom.